The molecule has 0 bridgehead atoms. The van der Waals surface area contributed by atoms with Gasteiger partial charge in [-0.05, 0) is 31.2 Å². The van der Waals surface area contributed by atoms with Crippen LogP contribution in [0.4, 0.5) is 13.2 Å². The third kappa shape index (κ3) is 2.87. The summed E-state index contributed by atoms with van der Waals surface area (Å²) in [6, 6.07) is 4.37. The molecule has 0 aliphatic rings. The van der Waals surface area contributed by atoms with Crippen LogP contribution < -0.4 is 0 Å². The molecule has 0 saturated carbocycles. The summed E-state index contributed by atoms with van der Waals surface area (Å²) in [7, 11) is 1.19. The van der Waals surface area contributed by atoms with Crippen LogP contribution in [0.5, 0.6) is 0 Å². The molecule has 112 valence electrons. The maximum Gasteiger partial charge on any atom is 0.416 e. The molecule has 0 radical (unpaired) electrons. The molecular formula is C13H10ClF3N2O2. The van der Waals surface area contributed by atoms with E-state index in [-0.39, 0.29) is 10.7 Å². The van der Waals surface area contributed by atoms with Crippen LogP contribution in [0.25, 0.3) is 5.69 Å². The van der Waals surface area contributed by atoms with E-state index in [0.29, 0.717) is 11.4 Å². The van der Waals surface area contributed by atoms with Crippen LogP contribution in [0.3, 0.4) is 0 Å². The lowest BCUT2D eigenvalue weighted by Crippen LogP contribution is -2.07. The van der Waals surface area contributed by atoms with E-state index in [9.17, 15) is 18.0 Å². The van der Waals surface area contributed by atoms with Crippen LogP contribution in [-0.2, 0) is 10.9 Å². The smallest absolute Gasteiger partial charge is 0.416 e. The number of methoxy groups -OCH3 is 1. The SMILES string of the molecule is COC(=O)c1nn(-c2ccc(C(F)(F)F)cc2)c(C)c1Cl. The monoisotopic (exact) mass is 318 g/mol. The maximum atomic E-state index is 12.5. The van der Waals surface area contributed by atoms with Gasteiger partial charge in [-0.25, -0.2) is 9.48 Å². The molecule has 0 atom stereocenters. The number of carbonyl (C=O) groups is 1. The number of carbonyl (C=O) groups excluding carboxylic acids is 1. The van der Waals surface area contributed by atoms with E-state index in [1.54, 1.807) is 6.92 Å². The summed E-state index contributed by atoms with van der Waals surface area (Å²) >= 11 is 5.98. The molecule has 1 heterocycles. The molecule has 4 nitrogen and oxygen atoms in total. The zero-order chi connectivity index (χ0) is 15.8. The van der Waals surface area contributed by atoms with Crippen molar-refractivity contribution in [2.24, 2.45) is 0 Å². The van der Waals surface area contributed by atoms with Crippen LogP contribution in [0.1, 0.15) is 21.7 Å². The fourth-order valence-electron chi connectivity index (χ4n) is 1.75. The van der Waals surface area contributed by atoms with Crippen LogP contribution in [0.15, 0.2) is 24.3 Å². The molecular weight excluding hydrogens is 309 g/mol. The maximum absolute atomic E-state index is 12.5. The first kappa shape index (κ1) is 15.4. The first-order valence-electron chi connectivity index (χ1n) is 5.76. The Hall–Kier alpha value is -2.02. The molecule has 1 aromatic carbocycles. The van der Waals surface area contributed by atoms with Gasteiger partial charge in [0, 0.05) is 0 Å². The van der Waals surface area contributed by atoms with Gasteiger partial charge >= 0.3 is 12.1 Å². The lowest BCUT2D eigenvalue weighted by molar-refractivity contribution is -0.137. The number of hydrogen-bond acceptors (Lipinski definition) is 3. The number of halogens is 4. The molecule has 8 heteroatoms. The fraction of sp³-hybridized carbons (Fsp3) is 0.231. The van der Waals surface area contributed by atoms with E-state index in [4.69, 9.17) is 11.6 Å². The summed E-state index contributed by atoms with van der Waals surface area (Å²) in [4.78, 5) is 11.5. The number of aromatic nitrogens is 2. The van der Waals surface area contributed by atoms with Crippen molar-refractivity contribution in [2.75, 3.05) is 7.11 Å². The first-order chi connectivity index (χ1) is 9.75. The third-order valence-electron chi connectivity index (χ3n) is 2.86. The van der Waals surface area contributed by atoms with Crippen LogP contribution in [-0.4, -0.2) is 22.9 Å². The molecule has 0 unspecified atom stereocenters. The van der Waals surface area contributed by atoms with Crippen molar-refractivity contribution < 1.29 is 22.7 Å². The van der Waals surface area contributed by atoms with Gasteiger partial charge in [-0.3, -0.25) is 0 Å². The Morgan fingerprint density at radius 1 is 1.29 bits per heavy atom. The summed E-state index contributed by atoms with van der Waals surface area (Å²) in [5, 5.41) is 4.07. The standard InChI is InChI=1S/C13H10ClF3N2O2/c1-7-10(14)11(12(20)21-2)18-19(7)9-5-3-8(4-6-9)13(15,16)17/h3-6H,1-2H3. The normalized spacial score (nSPS) is 11.5. The Morgan fingerprint density at radius 2 is 1.86 bits per heavy atom. The zero-order valence-corrected chi connectivity index (χ0v) is 11.8. The summed E-state index contributed by atoms with van der Waals surface area (Å²) < 4.78 is 43.4. The highest BCUT2D eigenvalue weighted by atomic mass is 35.5. The minimum absolute atomic E-state index is 0.0865. The van der Waals surface area contributed by atoms with Crippen molar-refractivity contribution in [1.82, 2.24) is 9.78 Å². The number of benzene rings is 1. The first-order valence-corrected chi connectivity index (χ1v) is 6.14. The predicted molar refractivity (Wildman–Crippen MR) is 69.7 cm³/mol. The van der Waals surface area contributed by atoms with Crippen molar-refractivity contribution in [3.63, 3.8) is 0 Å². The average Bonchev–Trinajstić information content (AvgIpc) is 2.74. The Bertz CT molecular complexity index is 678. The second kappa shape index (κ2) is 5.40. The highest BCUT2D eigenvalue weighted by molar-refractivity contribution is 6.34. The number of esters is 1. The molecule has 21 heavy (non-hydrogen) atoms. The predicted octanol–water partition coefficient (Wildman–Crippen LogP) is 3.64. The summed E-state index contributed by atoms with van der Waals surface area (Å²) in [5.74, 6) is -0.714. The Balaban J connectivity index is 2.46. The topological polar surface area (TPSA) is 44.1 Å². The minimum Gasteiger partial charge on any atom is -0.464 e. The van der Waals surface area contributed by atoms with Gasteiger partial charge in [-0.1, -0.05) is 11.6 Å². The lowest BCUT2D eigenvalue weighted by atomic mass is 10.2. The van der Waals surface area contributed by atoms with Gasteiger partial charge in [0.15, 0.2) is 5.69 Å². The molecule has 0 aliphatic carbocycles. The van der Waals surface area contributed by atoms with E-state index in [0.717, 1.165) is 12.1 Å². The largest absolute Gasteiger partial charge is 0.464 e. The second-order valence-corrected chi connectivity index (χ2v) is 4.57. The number of ether oxygens (including phenoxy) is 1. The van der Waals surface area contributed by atoms with E-state index in [2.05, 4.69) is 9.84 Å². The van der Waals surface area contributed by atoms with Crippen molar-refractivity contribution in [1.29, 1.82) is 0 Å². The van der Waals surface area contributed by atoms with E-state index >= 15 is 0 Å². The summed E-state index contributed by atoms with van der Waals surface area (Å²) in [6.45, 7) is 1.60. The lowest BCUT2D eigenvalue weighted by Gasteiger charge is -2.08. The Kier molecular flexibility index (Phi) is 3.95. The van der Waals surface area contributed by atoms with Gasteiger partial charge < -0.3 is 4.74 Å². The average molecular weight is 319 g/mol. The van der Waals surface area contributed by atoms with Gasteiger partial charge in [0.1, 0.15) is 0 Å². The van der Waals surface area contributed by atoms with Crippen molar-refractivity contribution in [3.8, 4) is 5.69 Å². The highest BCUT2D eigenvalue weighted by Crippen LogP contribution is 2.30. The van der Waals surface area contributed by atoms with E-state index in [1.165, 1.54) is 23.9 Å². The third-order valence-corrected chi connectivity index (χ3v) is 3.31. The molecule has 0 saturated heterocycles. The minimum atomic E-state index is -4.41. The van der Waals surface area contributed by atoms with Gasteiger partial charge in [0.05, 0.1) is 29.1 Å². The quantitative estimate of drug-likeness (QED) is 0.794. The van der Waals surface area contributed by atoms with Crippen molar-refractivity contribution >= 4 is 17.6 Å². The summed E-state index contributed by atoms with van der Waals surface area (Å²) in [5.41, 5.74) is -0.0682. The van der Waals surface area contributed by atoms with Gasteiger partial charge in [0.2, 0.25) is 0 Å². The molecule has 0 N–H and O–H groups in total. The van der Waals surface area contributed by atoms with Crippen molar-refractivity contribution in [2.45, 2.75) is 13.1 Å². The number of nitrogens with zero attached hydrogens (tertiary/aromatic N) is 2. The molecule has 0 aliphatic heterocycles. The number of hydrogen-bond donors (Lipinski definition) is 0. The number of alkyl halides is 3. The molecule has 2 aromatic rings. The highest BCUT2D eigenvalue weighted by Gasteiger charge is 2.30. The van der Waals surface area contributed by atoms with E-state index in [1.807, 2.05) is 0 Å². The van der Waals surface area contributed by atoms with E-state index < -0.39 is 17.7 Å². The molecule has 1 aromatic heterocycles. The molecule has 2 rings (SSSR count). The summed E-state index contributed by atoms with van der Waals surface area (Å²) in [6.07, 6.45) is -4.41. The Morgan fingerprint density at radius 3 is 2.33 bits per heavy atom. The zero-order valence-electron chi connectivity index (χ0n) is 11.0. The molecule has 0 fully saturated rings. The van der Waals surface area contributed by atoms with Gasteiger partial charge in [0.25, 0.3) is 0 Å². The Labute approximate surface area is 123 Å². The fourth-order valence-corrected chi connectivity index (χ4v) is 1.95. The van der Waals surface area contributed by atoms with Crippen LogP contribution >= 0.6 is 11.6 Å². The van der Waals surface area contributed by atoms with Crippen LogP contribution in [0.2, 0.25) is 5.02 Å². The second-order valence-electron chi connectivity index (χ2n) is 4.20. The number of rotatable bonds is 2. The van der Waals surface area contributed by atoms with Gasteiger partial charge in [-0.15, -0.1) is 0 Å². The van der Waals surface area contributed by atoms with Crippen molar-refractivity contribution in [3.05, 3.63) is 46.2 Å². The molecule has 0 amide bonds. The molecule has 0 spiro atoms. The van der Waals surface area contributed by atoms with Gasteiger partial charge in [-0.2, -0.15) is 18.3 Å². The van der Waals surface area contributed by atoms with Crippen LogP contribution in [0, 0.1) is 6.92 Å².